The largest absolute Gasteiger partial charge is 0.461 e. The molecule has 1 rings (SSSR count). The maximum Gasteiger partial charge on any atom is 0.360 e. The summed E-state index contributed by atoms with van der Waals surface area (Å²) in [5, 5.41) is 0. The topological polar surface area (TPSA) is 78.3 Å². The van der Waals surface area contributed by atoms with Crippen molar-refractivity contribution in [2.45, 2.75) is 19.8 Å². The maximum atomic E-state index is 13.1. The molecule has 0 radical (unpaired) electrons. The van der Waals surface area contributed by atoms with Crippen molar-refractivity contribution in [2.24, 2.45) is 5.73 Å². The minimum absolute atomic E-state index is 0.0124. The van der Waals surface area contributed by atoms with E-state index in [2.05, 4.69) is 9.72 Å². The standard InChI is InChI=1S/C9H12F2N2O3/c1-3-15-7(14)6-5(2)16-8(13-6)9(10,11)4-12/h3-4,12H2,1-2H3. The first-order valence-electron chi connectivity index (χ1n) is 4.65. The second-order valence-electron chi connectivity index (χ2n) is 3.05. The Bertz CT molecular complexity index is 390. The summed E-state index contributed by atoms with van der Waals surface area (Å²) < 4.78 is 35.5. The molecule has 0 aliphatic carbocycles. The zero-order chi connectivity index (χ0) is 12.3. The summed E-state index contributed by atoms with van der Waals surface area (Å²) in [6.07, 6.45) is 0. The summed E-state index contributed by atoms with van der Waals surface area (Å²) >= 11 is 0. The monoisotopic (exact) mass is 234 g/mol. The summed E-state index contributed by atoms with van der Waals surface area (Å²) in [4.78, 5) is 14.7. The second-order valence-corrected chi connectivity index (χ2v) is 3.05. The van der Waals surface area contributed by atoms with Gasteiger partial charge in [0, 0.05) is 0 Å². The molecule has 1 aromatic rings. The van der Waals surface area contributed by atoms with Gasteiger partial charge in [0.05, 0.1) is 13.2 Å². The van der Waals surface area contributed by atoms with Crippen LogP contribution in [0.5, 0.6) is 0 Å². The Balaban J connectivity index is 3.03. The Kier molecular flexibility index (Phi) is 3.58. The van der Waals surface area contributed by atoms with E-state index < -0.39 is 24.3 Å². The molecule has 0 aliphatic rings. The Morgan fingerprint density at radius 1 is 1.62 bits per heavy atom. The predicted octanol–water partition coefficient (Wildman–Crippen LogP) is 1.21. The number of nitrogens with zero attached hydrogens (tertiary/aromatic N) is 1. The third kappa shape index (κ3) is 2.35. The van der Waals surface area contributed by atoms with Gasteiger partial charge in [0.15, 0.2) is 5.69 Å². The van der Waals surface area contributed by atoms with Gasteiger partial charge in [0.25, 0.3) is 5.89 Å². The first kappa shape index (κ1) is 12.6. The fraction of sp³-hybridized carbons (Fsp3) is 0.556. The van der Waals surface area contributed by atoms with Crippen molar-refractivity contribution in [1.82, 2.24) is 4.98 Å². The van der Waals surface area contributed by atoms with Gasteiger partial charge in [0.1, 0.15) is 5.76 Å². The fourth-order valence-corrected chi connectivity index (χ4v) is 1.03. The lowest BCUT2D eigenvalue weighted by Crippen LogP contribution is -2.25. The molecule has 5 nitrogen and oxygen atoms in total. The van der Waals surface area contributed by atoms with E-state index in [1.807, 2.05) is 0 Å². The number of carbonyl (C=O) groups excluding carboxylic acids is 1. The van der Waals surface area contributed by atoms with Gasteiger partial charge in [-0.05, 0) is 13.8 Å². The smallest absolute Gasteiger partial charge is 0.360 e. The van der Waals surface area contributed by atoms with Gasteiger partial charge in [-0.15, -0.1) is 0 Å². The number of hydrogen-bond donors (Lipinski definition) is 1. The third-order valence-electron chi connectivity index (χ3n) is 1.83. The maximum absolute atomic E-state index is 13.1. The van der Waals surface area contributed by atoms with E-state index in [0.29, 0.717) is 0 Å². The molecule has 0 bridgehead atoms. The normalized spacial score (nSPS) is 11.6. The number of oxazole rings is 1. The van der Waals surface area contributed by atoms with Crippen LogP contribution in [0.1, 0.15) is 29.1 Å². The highest BCUT2D eigenvalue weighted by Crippen LogP contribution is 2.27. The molecule has 1 aromatic heterocycles. The van der Waals surface area contributed by atoms with Gasteiger partial charge in [-0.25, -0.2) is 9.78 Å². The van der Waals surface area contributed by atoms with Crippen LogP contribution in [0.2, 0.25) is 0 Å². The lowest BCUT2D eigenvalue weighted by molar-refractivity contribution is -0.0219. The van der Waals surface area contributed by atoms with Crippen LogP contribution in [0.3, 0.4) is 0 Å². The van der Waals surface area contributed by atoms with Gasteiger partial charge in [0.2, 0.25) is 0 Å². The van der Waals surface area contributed by atoms with Gasteiger partial charge in [-0.1, -0.05) is 0 Å². The summed E-state index contributed by atoms with van der Waals surface area (Å²) in [5.74, 6) is -5.05. The summed E-state index contributed by atoms with van der Waals surface area (Å²) in [7, 11) is 0. The molecular formula is C9H12F2N2O3. The van der Waals surface area contributed by atoms with Crippen LogP contribution in [0.4, 0.5) is 8.78 Å². The molecule has 0 amide bonds. The van der Waals surface area contributed by atoms with Crippen LogP contribution in [-0.2, 0) is 10.7 Å². The van der Waals surface area contributed by atoms with Crippen LogP contribution in [0.25, 0.3) is 0 Å². The van der Waals surface area contributed by atoms with E-state index in [0.717, 1.165) is 0 Å². The molecule has 0 aliphatic heterocycles. The molecule has 1 heterocycles. The number of carbonyl (C=O) groups is 1. The lowest BCUT2D eigenvalue weighted by atomic mass is 10.3. The van der Waals surface area contributed by atoms with Crippen LogP contribution < -0.4 is 5.73 Å². The highest BCUT2D eigenvalue weighted by Gasteiger charge is 2.37. The van der Waals surface area contributed by atoms with Crippen LogP contribution in [0, 0.1) is 6.92 Å². The van der Waals surface area contributed by atoms with Crippen molar-refractivity contribution in [1.29, 1.82) is 0 Å². The number of esters is 1. The highest BCUT2D eigenvalue weighted by atomic mass is 19.3. The second kappa shape index (κ2) is 4.56. The highest BCUT2D eigenvalue weighted by molar-refractivity contribution is 5.88. The Morgan fingerprint density at radius 2 is 2.25 bits per heavy atom. The van der Waals surface area contributed by atoms with Crippen molar-refractivity contribution in [2.75, 3.05) is 13.2 Å². The fourth-order valence-electron chi connectivity index (χ4n) is 1.03. The van der Waals surface area contributed by atoms with E-state index in [1.165, 1.54) is 6.92 Å². The SMILES string of the molecule is CCOC(=O)c1nc(C(F)(F)CN)oc1C. The molecule has 0 unspecified atom stereocenters. The number of aromatic nitrogens is 1. The summed E-state index contributed by atoms with van der Waals surface area (Å²) in [6.45, 7) is 2.15. The Morgan fingerprint density at radius 3 is 2.75 bits per heavy atom. The van der Waals surface area contributed by atoms with E-state index in [-0.39, 0.29) is 18.1 Å². The third-order valence-corrected chi connectivity index (χ3v) is 1.83. The van der Waals surface area contributed by atoms with Crippen LogP contribution in [0.15, 0.2) is 4.42 Å². The minimum atomic E-state index is -3.38. The van der Waals surface area contributed by atoms with Gasteiger partial charge >= 0.3 is 11.9 Å². The zero-order valence-electron chi connectivity index (χ0n) is 8.92. The van der Waals surface area contributed by atoms with Crippen molar-refractivity contribution in [3.05, 3.63) is 17.3 Å². The number of hydrogen-bond acceptors (Lipinski definition) is 5. The average molecular weight is 234 g/mol. The first-order chi connectivity index (χ1) is 7.42. The molecule has 0 atom stereocenters. The molecule has 16 heavy (non-hydrogen) atoms. The van der Waals surface area contributed by atoms with Crippen molar-refractivity contribution >= 4 is 5.97 Å². The number of rotatable bonds is 4. The predicted molar refractivity (Wildman–Crippen MR) is 50.1 cm³/mol. The van der Waals surface area contributed by atoms with Crippen LogP contribution in [-0.4, -0.2) is 24.1 Å². The van der Waals surface area contributed by atoms with Crippen molar-refractivity contribution in [3.8, 4) is 0 Å². The van der Waals surface area contributed by atoms with Crippen LogP contribution >= 0.6 is 0 Å². The molecule has 90 valence electrons. The zero-order valence-corrected chi connectivity index (χ0v) is 8.92. The van der Waals surface area contributed by atoms with E-state index in [4.69, 9.17) is 10.2 Å². The Labute approximate surface area is 90.6 Å². The van der Waals surface area contributed by atoms with E-state index in [9.17, 15) is 13.6 Å². The van der Waals surface area contributed by atoms with Gasteiger partial charge in [-0.3, -0.25) is 0 Å². The molecule has 7 heteroatoms. The molecule has 0 saturated carbocycles. The van der Waals surface area contributed by atoms with Gasteiger partial charge < -0.3 is 14.9 Å². The Hall–Kier alpha value is -1.50. The van der Waals surface area contributed by atoms with Crippen molar-refractivity contribution < 1.29 is 22.7 Å². The number of alkyl halides is 2. The molecule has 0 spiro atoms. The molecule has 0 aromatic carbocycles. The summed E-state index contributed by atoms with van der Waals surface area (Å²) in [6, 6.07) is 0. The lowest BCUT2D eigenvalue weighted by Gasteiger charge is -2.07. The number of nitrogens with two attached hydrogens (primary N) is 1. The number of ether oxygens (including phenoxy) is 1. The van der Waals surface area contributed by atoms with Crippen molar-refractivity contribution in [3.63, 3.8) is 0 Å². The van der Waals surface area contributed by atoms with Gasteiger partial charge in [-0.2, -0.15) is 8.78 Å². The van der Waals surface area contributed by atoms with E-state index >= 15 is 0 Å². The molecule has 0 fully saturated rings. The van der Waals surface area contributed by atoms with E-state index in [1.54, 1.807) is 6.92 Å². The minimum Gasteiger partial charge on any atom is -0.461 e. The first-order valence-corrected chi connectivity index (χ1v) is 4.65. The molecular weight excluding hydrogens is 222 g/mol. The molecule has 0 saturated heterocycles. The molecule has 2 N–H and O–H groups in total. The number of aryl methyl sites for hydroxylation is 1. The average Bonchev–Trinajstić information content (AvgIpc) is 2.61. The summed E-state index contributed by atoms with van der Waals surface area (Å²) in [5.41, 5.74) is 4.62. The quantitative estimate of drug-likeness (QED) is 0.792. The number of halogens is 2.